The average Bonchev–Trinajstić information content (AvgIpc) is 2.63. The first kappa shape index (κ1) is 14.8. The van der Waals surface area contributed by atoms with E-state index in [1.807, 2.05) is 6.92 Å². The lowest BCUT2D eigenvalue weighted by Gasteiger charge is -2.32. The molecule has 0 aromatic rings. The Morgan fingerprint density at radius 1 is 1.53 bits per heavy atom. The Labute approximate surface area is 90.5 Å². The fourth-order valence-electron chi connectivity index (χ4n) is 1.62. The maximum absolute atomic E-state index is 10.5. The summed E-state index contributed by atoms with van der Waals surface area (Å²) in [6, 6.07) is 0. The molecule has 1 rings (SSSR count). The summed E-state index contributed by atoms with van der Waals surface area (Å²) in [6.45, 7) is 5.53. The molecule has 15 heavy (non-hydrogen) atoms. The molecule has 0 aliphatic carbocycles. The summed E-state index contributed by atoms with van der Waals surface area (Å²) < 4.78 is 41.2. The summed E-state index contributed by atoms with van der Waals surface area (Å²) in [5, 5.41) is 0. The van der Waals surface area contributed by atoms with Crippen LogP contribution in [0.4, 0.5) is 0 Å². The molecule has 0 radical (unpaired) electrons. The highest BCUT2D eigenvalue weighted by molar-refractivity contribution is 7.80. The molecule has 1 saturated heterocycles. The first-order valence-corrected chi connectivity index (χ1v) is 5.86. The van der Waals surface area contributed by atoms with Crippen LogP contribution in [0, 0.1) is 0 Å². The third-order valence-electron chi connectivity index (χ3n) is 2.55. The van der Waals surface area contributed by atoms with Crippen LogP contribution in [0.15, 0.2) is 0 Å². The van der Waals surface area contributed by atoms with Crippen LogP contribution in [0.1, 0.15) is 33.6 Å². The van der Waals surface area contributed by atoms with Gasteiger partial charge in [-0.05, 0) is 20.3 Å². The van der Waals surface area contributed by atoms with Gasteiger partial charge in [0.2, 0.25) is 10.4 Å². The fraction of sp³-hybridized carbons (Fsp3) is 1.00. The second-order valence-corrected chi connectivity index (χ2v) is 5.02. The maximum Gasteiger partial charge on any atom is 0.218 e. The minimum absolute atomic E-state index is 0. The number of epoxide rings is 1. The second kappa shape index (κ2) is 4.34. The van der Waals surface area contributed by atoms with Crippen molar-refractivity contribution in [2.24, 2.45) is 0 Å². The van der Waals surface area contributed by atoms with Gasteiger partial charge in [-0.2, -0.15) is 0 Å². The van der Waals surface area contributed by atoms with E-state index >= 15 is 0 Å². The molecular formula is C8H19NO5S. The SMILES string of the molecule is CCCC1(C(C)(C)OS(=O)(=O)[O-])CO1.[NH4+]. The van der Waals surface area contributed by atoms with Gasteiger partial charge in [0.05, 0.1) is 6.61 Å². The van der Waals surface area contributed by atoms with Gasteiger partial charge in [0.25, 0.3) is 0 Å². The fourth-order valence-corrected chi connectivity index (χ4v) is 2.28. The summed E-state index contributed by atoms with van der Waals surface area (Å²) in [5.74, 6) is 0. The van der Waals surface area contributed by atoms with E-state index in [0.717, 1.165) is 6.42 Å². The van der Waals surface area contributed by atoms with Crippen molar-refractivity contribution in [1.82, 2.24) is 6.15 Å². The van der Waals surface area contributed by atoms with E-state index in [0.29, 0.717) is 13.0 Å². The number of rotatable bonds is 5. The van der Waals surface area contributed by atoms with Crippen LogP contribution in [0.5, 0.6) is 0 Å². The van der Waals surface area contributed by atoms with E-state index in [1.54, 1.807) is 13.8 Å². The topological polar surface area (TPSA) is 115 Å². The van der Waals surface area contributed by atoms with Crippen LogP contribution < -0.4 is 6.15 Å². The zero-order valence-corrected chi connectivity index (χ0v) is 10.4. The number of ether oxygens (including phenoxy) is 1. The summed E-state index contributed by atoms with van der Waals surface area (Å²) in [5.41, 5.74) is -1.68. The lowest BCUT2D eigenvalue weighted by molar-refractivity contribution is 0.00842. The van der Waals surface area contributed by atoms with E-state index in [9.17, 15) is 13.0 Å². The molecule has 0 bridgehead atoms. The lowest BCUT2D eigenvalue weighted by atomic mass is 9.88. The van der Waals surface area contributed by atoms with Crippen molar-refractivity contribution < 1.29 is 21.9 Å². The molecule has 1 unspecified atom stereocenters. The molecule has 0 spiro atoms. The first-order chi connectivity index (χ1) is 6.22. The highest BCUT2D eigenvalue weighted by Gasteiger charge is 2.57. The largest absolute Gasteiger partial charge is 0.726 e. The van der Waals surface area contributed by atoms with Crippen molar-refractivity contribution in [3.05, 3.63) is 0 Å². The van der Waals surface area contributed by atoms with E-state index in [4.69, 9.17) is 4.74 Å². The van der Waals surface area contributed by atoms with Crippen molar-refractivity contribution in [2.75, 3.05) is 6.61 Å². The van der Waals surface area contributed by atoms with Gasteiger partial charge in [0, 0.05) is 0 Å². The van der Waals surface area contributed by atoms with Crippen molar-refractivity contribution in [3.63, 3.8) is 0 Å². The van der Waals surface area contributed by atoms with Crippen LogP contribution in [0.2, 0.25) is 0 Å². The van der Waals surface area contributed by atoms with Gasteiger partial charge in [0.1, 0.15) is 11.2 Å². The Kier molecular flexibility index (Phi) is 4.28. The molecule has 4 N–H and O–H groups in total. The van der Waals surface area contributed by atoms with Gasteiger partial charge in [-0.1, -0.05) is 13.3 Å². The molecule has 0 aromatic carbocycles. The number of hydrogen-bond donors (Lipinski definition) is 1. The van der Waals surface area contributed by atoms with E-state index in [2.05, 4.69) is 4.18 Å². The quantitative estimate of drug-likeness (QED) is 0.441. The van der Waals surface area contributed by atoms with Gasteiger partial charge in [0.15, 0.2) is 0 Å². The molecule has 1 heterocycles. The smallest absolute Gasteiger partial charge is 0.218 e. The molecule has 1 fully saturated rings. The van der Waals surface area contributed by atoms with E-state index in [1.165, 1.54) is 0 Å². The van der Waals surface area contributed by atoms with Crippen LogP contribution in [0.3, 0.4) is 0 Å². The Morgan fingerprint density at radius 3 is 2.27 bits per heavy atom. The molecule has 0 amide bonds. The van der Waals surface area contributed by atoms with Gasteiger partial charge in [-0.3, -0.25) is 4.18 Å². The minimum atomic E-state index is -4.67. The first-order valence-electron chi connectivity index (χ1n) is 4.53. The molecule has 0 saturated carbocycles. The van der Waals surface area contributed by atoms with Crippen molar-refractivity contribution >= 4 is 10.4 Å². The Morgan fingerprint density at radius 2 is 2.00 bits per heavy atom. The van der Waals surface area contributed by atoms with Crippen molar-refractivity contribution in [3.8, 4) is 0 Å². The summed E-state index contributed by atoms with van der Waals surface area (Å²) in [4.78, 5) is 0. The third kappa shape index (κ3) is 3.39. The molecule has 0 aromatic heterocycles. The molecule has 6 nitrogen and oxygen atoms in total. The standard InChI is InChI=1S/C8H16O5S.H3N/c1-4-5-8(6-12-8)7(2,3)13-14(9,10)11;/h4-6H2,1-3H3,(H,9,10,11);1H3. The summed E-state index contributed by atoms with van der Waals surface area (Å²) >= 11 is 0. The lowest BCUT2D eigenvalue weighted by Crippen LogP contribution is -2.44. The third-order valence-corrected chi connectivity index (χ3v) is 3.18. The van der Waals surface area contributed by atoms with E-state index in [-0.39, 0.29) is 6.15 Å². The number of hydrogen-bond acceptors (Lipinski definition) is 5. The van der Waals surface area contributed by atoms with Crippen molar-refractivity contribution in [2.45, 2.75) is 44.8 Å². The average molecular weight is 241 g/mol. The van der Waals surface area contributed by atoms with Gasteiger partial charge in [-0.15, -0.1) is 0 Å². The number of quaternary nitrogens is 1. The Balaban J connectivity index is 0.00000196. The van der Waals surface area contributed by atoms with Crippen LogP contribution >= 0.6 is 0 Å². The monoisotopic (exact) mass is 241 g/mol. The molecule has 92 valence electrons. The highest BCUT2D eigenvalue weighted by Crippen LogP contribution is 2.44. The zero-order chi connectivity index (χ0) is 11.0. The van der Waals surface area contributed by atoms with Crippen LogP contribution in [-0.4, -0.2) is 30.8 Å². The van der Waals surface area contributed by atoms with Gasteiger partial charge in [-0.25, -0.2) is 8.42 Å². The van der Waals surface area contributed by atoms with Gasteiger partial charge >= 0.3 is 0 Å². The Bertz CT molecular complexity index is 307. The minimum Gasteiger partial charge on any atom is -0.726 e. The summed E-state index contributed by atoms with van der Waals surface area (Å²) in [7, 11) is -4.67. The van der Waals surface area contributed by atoms with Crippen molar-refractivity contribution in [1.29, 1.82) is 0 Å². The Hall–Kier alpha value is -0.210. The molecule has 1 aliphatic heterocycles. The summed E-state index contributed by atoms with van der Waals surface area (Å²) in [6.07, 6.45) is 1.54. The van der Waals surface area contributed by atoms with Gasteiger partial charge < -0.3 is 15.4 Å². The van der Waals surface area contributed by atoms with Crippen LogP contribution in [0.25, 0.3) is 0 Å². The second-order valence-electron chi connectivity index (χ2n) is 4.03. The maximum atomic E-state index is 10.5. The molecule has 7 heteroatoms. The predicted octanol–water partition coefficient (Wildman–Crippen LogP) is 1.19. The predicted molar refractivity (Wildman–Crippen MR) is 54.4 cm³/mol. The zero-order valence-electron chi connectivity index (χ0n) is 9.57. The molecule has 1 aliphatic rings. The molecular weight excluding hydrogens is 222 g/mol. The normalized spacial score (nSPS) is 25.9. The van der Waals surface area contributed by atoms with Crippen LogP contribution in [-0.2, 0) is 19.3 Å². The molecule has 1 atom stereocenters. The van der Waals surface area contributed by atoms with E-state index < -0.39 is 21.6 Å². The highest BCUT2D eigenvalue weighted by atomic mass is 32.3.